The van der Waals surface area contributed by atoms with Gasteiger partial charge in [-0.05, 0) is 71.1 Å². The van der Waals surface area contributed by atoms with Gasteiger partial charge in [-0.2, -0.15) is 13.2 Å². The smallest absolute Gasteiger partial charge is 0.416 e. The third-order valence-corrected chi connectivity index (χ3v) is 5.21. The molecule has 31 heavy (non-hydrogen) atoms. The van der Waals surface area contributed by atoms with Crippen LogP contribution in [0.1, 0.15) is 58.6 Å². The molecule has 1 saturated heterocycles. The highest BCUT2D eigenvalue weighted by Crippen LogP contribution is 2.29. The number of nitrogens with zero attached hydrogens (tertiary/aromatic N) is 2. The lowest BCUT2D eigenvalue weighted by Gasteiger charge is -2.37. The number of rotatable bonds is 5. The van der Waals surface area contributed by atoms with E-state index in [1.54, 1.807) is 9.80 Å². The zero-order valence-corrected chi connectivity index (χ0v) is 19.0. The van der Waals surface area contributed by atoms with E-state index in [-0.39, 0.29) is 30.4 Å². The van der Waals surface area contributed by atoms with Gasteiger partial charge in [-0.3, -0.25) is 4.79 Å². The van der Waals surface area contributed by atoms with Gasteiger partial charge < -0.3 is 14.5 Å². The molecule has 1 heterocycles. The summed E-state index contributed by atoms with van der Waals surface area (Å²) in [7, 11) is 0. The van der Waals surface area contributed by atoms with Crippen molar-refractivity contribution in [2.45, 2.75) is 71.7 Å². The summed E-state index contributed by atoms with van der Waals surface area (Å²) in [4.78, 5) is 28.7. The molecular weight excluding hydrogens is 409 g/mol. The largest absolute Gasteiger partial charge is 0.444 e. The lowest BCUT2D eigenvalue weighted by atomic mass is 9.96. The lowest BCUT2D eigenvalue weighted by molar-refractivity contribution is -0.137. The van der Waals surface area contributed by atoms with Crippen molar-refractivity contribution in [1.29, 1.82) is 0 Å². The number of benzene rings is 1. The SMILES string of the molecule is CC(C)N(CC1CCCN(C(=O)Cc2ccc(C(F)(F)F)cc2)C1)C(=O)OC(C)(C)C. The predicted octanol–water partition coefficient (Wildman–Crippen LogP) is 5.13. The topological polar surface area (TPSA) is 49.9 Å². The molecule has 0 spiro atoms. The van der Waals surface area contributed by atoms with Crippen LogP contribution in [0.15, 0.2) is 24.3 Å². The Bertz CT molecular complexity index is 755. The maximum Gasteiger partial charge on any atom is 0.416 e. The Kier molecular flexibility index (Phi) is 8.00. The molecule has 0 aromatic heterocycles. The molecule has 5 nitrogen and oxygen atoms in total. The molecule has 0 bridgehead atoms. The van der Waals surface area contributed by atoms with Gasteiger partial charge in [-0.25, -0.2) is 4.79 Å². The zero-order valence-electron chi connectivity index (χ0n) is 19.0. The number of hydrogen-bond donors (Lipinski definition) is 0. The minimum absolute atomic E-state index is 0.0342. The van der Waals surface area contributed by atoms with E-state index in [4.69, 9.17) is 4.74 Å². The molecule has 1 aliphatic rings. The second kappa shape index (κ2) is 9.92. The van der Waals surface area contributed by atoms with Crippen LogP contribution in [0.25, 0.3) is 0 Å². The number of carbonyl (C=O) groups is 2. The number of carbonyl (C=O) groups excluding carboxylic acids is 2. The number of hydrogen-bond acceptors (Lipinski definition) is 3. The van der Waals surface area contributed by atoms with E-state index >= 15 is 0 Å². The first kappa shape index (κ1) is 25.0. The van der Waals surface area contributed by atoms with Crippen LogP contribution < -0.4 is 0 Å². The molecule has 1 unspecified atom stereocenters. The molecule has 1 atom stereocenters. The highest BCUT2D eigenvalue weighted by atomic mass is 19.4. The Labute approximate surface area is 182 Å². The maximum absolute atomic E-state index is 12.7. The molecular formula is C23H33F3N2O3. The van der Waals surface area contributed by atoms with Gasteiger partial charge in [-0.1, -0.05) is 12.1 Å². The van der Waals surface area contributed by atoms with Gasteiger partial charge >= 0.3 is 12.3 Å². The van der Waals surface area contributed by atoms with Crippen LogP contribution in [0.4, 0.5) is 18.0 Å². The zero-order chi connectivity index (χ0) is 23.4. The van der Waals surface area contributed by atoms with Crippen molar-refractivity contribution in [1.82, 2.24) is 9.80 Å². The Morgan fingerprint density at radius 2 is 1.77 bits per heavy atom. The van der Waals surface area contributed by atoms with E-state index in [1.807, 2.05) is 34.6 Å². The normalized spacial score (nSPS) is 17.6. The number of piperidine rings is 1. The Balaban J connectivity index is 1.97. The minimum Gasteiger partial charge on any atom is -0.444 e. The molecule has 174 valence electrons. The van der Waals surface area contributed by atoms with Gasteiger partial charge in [0.05, 0.1) is 12.0 Å². The van der Waals surface area contributed by atoms with Gasteiger partial charge in [-0.15, -0.1) is 0 Å². The van der Waals surface area contributed by atoms with Crippen LogP contribution in [0, 0.1) is 5.92 Å². The van der Waals surface area contributed by atoms with Gasteiger partial charge in [0.25, 0.3) is 0 Å². The lowest BCUT2D eigenvalue weighted by Crippen LogP contribution is -2.48. The van der Waals surface area contributed by atoms with Crippen LogP contribution in [0.2, 0.25) is 0 Å². The highest BCUT2D eigenvalue weighted by Gasteiger charge is 2.31. The average Bonchev–Trinajstić information content (AvgIpc) is 2.64. The molecule has 0 radical (unpaired) electrons. The summed E-state index contributed by atoms with van der Waals surface area (Å²) in [5, 5.41) is 0. The molecule has 0 aliphatic carbocycles. The Hall–Kier alpha value is -2.25. The third kappa shape index (κ3) is 7.74. The standard InChI is InChI=1S/C23H33F3N2O3/c1-16(2)28(21(30)31-22(3,4)5)15-18-7-6-12-27(14-18)20(29)13-17-8-10-19(11-9-17)23(24,25)26/h8-11,16,18H,6-7,12-15H2,1-5H3. The summed E-state index contributed by atoms with van der Waals surface area (Å²) in [6, 6.07) is 4.68. The Morgan fingerprint density at radius 3 is 2.29 bits per heavy atom. The quantitative estimate of drug-likeness (QED) is 0.635. The van der Waals surface area contributed by atoms with Crippen molar-refractivity contribution in [3.63, 3.8) is 0 Å². The number of ether oxygens (including phenoxy) is 1. The number of alkyl halides is 3. The molecule has 1 fully saturated rings. The van der Waals surface area contributed by atoms with E-state index in [9.17, 15) is 22.8 Å². The minimum atomic E-state index is -4.39. The predicted molar refractivity (Wildman–Crippen MR) is 113 cm³/mol. The van der Waals surface area contributed by atoms with Crippen molar-refractivity contribution < 1.29 is 27.5 Å². The van der Waals surface area contributed by atoms with Gasteiger partial charge in [0.2, 0.25) is 5.91 Å². The van der Waals surface area contributed by atoms with E-state index in [2.05, 4.69) is 0 Å². The van der Waals surface area contributed by atoms with Crippen molar-refractivity contribution in [2.75, 3.05) is 19.6 Å². The second-order valence-corrected chi connectivity index (χ2v) is 9.45. The van der Waals surface area contributed by atoms with Crippen molar-refractivity contribution in [3.8, 4) is 0 Å². The fourth-order valence-electron chi connectivity index (χ4n) is 3.63. The van der Waals surface area contributed by atoms with E-state index in [0.29, 0.717) is 25.2 Å². The van der Waals surface area contributed by atoms with Crippen molar-refractivity contribution in [2.24, 2.45) is 5.92 Å². The summed E-state index contributed by atoms with van der Waals surface area (Å²) in [6.07, 6.45) is -2.97. The summed E-state index contributed by atoms with van der Waals surface area (Å²) < 4.78 is 43.7. The molecule has 0 saturated carbocycles. The first-order valence-electron chi connectivity index (χ1n) is 10.7. The average molecular weight is 443 g/mol. The van der Waals surface area contributed by atoms with Gasteiger partial charge in [0.15, 0.2) is 0 Å². The monoisotopic (exact) mass is 442 g/mol. The summed E-state index contributed by atoms with van der Waals surface area (Å²) in [6.45, 7) is 11.0. The first-order chi connectivity index (χ1) is 14.3. The fourth-order valence-corrected chi connectivity index (χ4v) is 3.63. The molecule has 2 rings (SSSR count). The number of likely N-dealkylation sites (tertiary alicyclic amines) is 1. The fraction of sp³-hybridized carbons (Fsp3) is 0.652. The van der Waals surface area contributed by atoms with Crippen LogP contribution in [-0.2, 0) is 22.1 Å². The molecule has 8 heteroatoms. The first-order valence-corrected chi connectivity index (χ1v) is 10.7. The summed E-state index contributed by atoms with van der Waals surface area (Å²) in [5.74, 6) is 0.0121. The van der Waals surface area contributed by atoms with Crippen molar-refractivity contribution >= 4 is 12.0 Å². The van der Waals surface area contributed by atoms with E-state index < -0.39 is 17.3 Å². The summed E-state index contributed by atoms with van der Waals surface area (Å²) in [5.41, 5.74) is -0.754. The molecule has 2 amide bonds. The van der Waals surface area contributed by atoms with Crippen LogP contribution in [0.5, 0.6) is 0 Å². The van der Waals surface area contributed by atoms with E-state index in [1.165, 1.54) is 12.1 Å². The van der Waals surface area contributed by atoms with Gasteiger partial charge in [0.1, 0.15) is 5.60 Å². The Morgan fingerprint density at radius 1 is 1.16 bits per heavy atom. The highest BCUT2D eigenvalue weighted by molar-refractivity contribution is 5.79. The number of amides is 2. The number of halogens is 3. The van der Waals surface area contributed by atoms with Crippen LogP contribution in [-0.4, -0.2) is 53.1 Å². The molecule has 0 N–H and O–H groups in total. The van der Waals surface area contributed by atoms with Crippen LogP contribution in [0.3, 0.4) is 0 Å². The molecule has 1 aromatic carbocycles. The van der Waals surface area contributed by atoms with E-state index in [0.717, 1.165) is 25.0 Å². The molecule has 1 aromatic rings. The van der Waals surface area contributed by atoms with Gasteiger partial charge in [0, 0.05) is 25.7 Å². The van der Waals surface area contributed by atoms with Crippen molar-refractivity contribution in [3.05, 3.63) is 35.4 Å². The molecule has 1 aliphatic heterocycles. The summed E-state index contributed by atoms with van der Waals surface area (Å²) >= 11 is 0. The maximum atomic E-state index is 12.7. The third-order valence-electron chi connectivity index (χ3n) is 5.21. The second-order valence-electron chi connectivity index (χ2n) is 9.45. The van der Waals surface area contributed by atoms with Crippen LogP contribution >= 0.6 is 0 Å².